The number of hydrogen-bond donors (Lipinski definition) is 1. The summed E-state index contributed by atoms with van der Waals surface area (Å²) in [6, 6.07) is 14.4. The molecule has 2 atom stereocenters. The van der Waals surface area contributed by atoms with Crippen LogP contribution in [0.25, 0.3) is 0 Å². The van der Waals surface area contributed by atoms with Crippen molar-refractivity contribution in [2.24, 2.45) is 4.99 Å². The molecule has 0 aromatic heterocycles. The molecule has 1 amide bonds. The van der Waals surface area contributed by atoms with Crippen LogP contribution < -0.4 is 10.2 Å². The normalized spacial score (nSPS) is 21.9. The van der Waals surface area contributed by atoms with Gasteiger partial charge in [0.05, 0.1) is 29.3 Å². The Kier molecular flexibility index (Phi) is 6.09. The summed E-state index contributed by atoms with van der Waals surface area (Å²) < 4.78 is 24.2. The summed E-state index contributed by atoms with van der Waals surface area (Å²) in [5.41, 5.74) is 2.72. The fraction of sp³-hybridized carbons (Fsp3) is 0.333. The van der Waals surface area contributed by atoms with E-state index in [1.165, 1.54) is 11.8 Å². The van der Waals surface area contributed by atoms with Gasteiger partial charge in [-0.15, -0.1) is 0 Å². The lowest BCUT2D eigenvalue weighted by Crippen LogP contribution is -2.39. The predicted octanol–water partition coefficient (Wildman–Crippen LogP) is 3.62. The number of nitrogens with zero attached hydrogens (tertiary/aromatic N) is 2. The summed E-state index contributed by atoms with van der Waals surface area (Å²) in [7, 11) is -3.12. The number of amides is 1. The summed E-state index contributed by atoms with van der Waals surface area (Å²) in [6.45, 7) is 2.05. The maximum Gasteiger partial charge on any atom is 0.234 e. The number of thioether (sulfide) groups is 1. The van der Waals surface area contributed by atoms with Crippen LogP contribution >= 0.6 is 23.4 Å². The van der Waals surface area contributed by atoms with Crippen LogP contribution in [-0.2, 0) is 21.1 Å². The van der Waals surface area contributed by atoms with Crippen LogP contribution in [0.2, 0.25) is 5.02 Å². The van der Waals surface area contributed by atoms with Gasteiger partial charge in [0, 0.05) is 16.4 Å². The van der Waals surface area contributed by atoms with Crippen molar-refractivity contribution in [3.63, 3.8) is 0 Å². The Morgan fingerprint density at radius 3 is 2.67 bits per heavy atom. The molecule has 0 bridgehead atoms. The number of nitrogens with one attached hydrogen (secondary N) is 1. The number of amidine groups is 1. The van der Waals surface area contributed by atoms with Crippen LogP contribution in [0.1, 0.15) is 12.5 Å². The molecule has 4 rings (SSSR count). The van der Waals surface area contributed by atoms with E-state index in [1.54, 1.807) is 12.1 Å². The Morgan fingerprint density at radius 2 is 1.93 bits per heavy atom. The third-order valence-corrected chi connectivity index (χ3v) is 8.13. The summed E-state index contributed by atoms with van der Waals surface area (Å²) in [4.78, 5) is 19.1. The van der Waals surface area contributed by atoms with E-state index in [0.29, 0.717) is 10.2 Å². The highest BCUT2D eigenvalue weighted by atomic mass is 35.5. The van der Waals surface area contributed by atoms with Gasteiger partial charge in [-0.2, -0.15) is 0 Å². The summed E-state index contributed by atoms with van der Waals surface area (Å²) in [5.74, 6) is 0.170. The number of fused-ring (bicyclic) bond motifs is 1. The predicted molar refractivity (Wildman–Crippen MR) is 125 cm³/mol. The lowest BCUT2D eigenvalue weighted by molar-refractivity contribution is -0.113. The molecule has 1 saturated heterocycles. The molecule has 0 spiro atoms. The maximum atomic E-state index is 12.6. The second-order valence-corrected chi connectivity index (χ2v) is 10.8. The van der Waals surface area contributed by atoms with E-state index in [9.17, 15) is 13.2 Å². The zero-order valence-electron chi connectivity index (χ0n) is 16.4. The van der Waals surface area contributed by atoms with Crippen LogP contribution in [-0.4, -0.2) is 48.8 Å². The number of sulfone groups is 1. The maximum absolute atomic E-state index is 12.6. The molecule has 0 radical (unpaired) electrons. The standard InChI is InChI=1S/C21H22ClN3O3S2/c1-2-14-5-3-4-6-17(14)23-20(26)11-29-21-24-18-12-30(27,28)13-19(18)25(21)16-9-7-15(22)8-10-16/h3-10,18-19H,2,11-13H2,1H3,(H,23,26)/t18-,19+/m0/s1. The zero-order chi connectivity index (χ0) is 21.3. The van der Waals surface area contributed by atoms with Crippen LogP contribution in [0.4, 0.5) is 11.4 Å². The molecule has 2 aliphatic rings. The molecule has 0 saturated carbocycles. The van der Waals surface area contributed by atoms with Crippen molar-refractivity contribution in [3.8, 4) is 0 Å². The van der Waals surface area contributed by atoms with Crippen molar-refractivity contribution in [3.05, 3.63) is 59.1 Å². The molecule has 1 N–H and O–H groups in total. The number of halogens is 1. The number of carbonyl (C=O) groups excluding carboxylic acids is 1. The highest BCUT2D eigenvalue weighted by Crippen LogP contribution is 2.35. The Balaban J connectivity index is 1.50. The molecule has 2 heterocycles. The Labute approximate surface area is 185 Å². The molecule has 158 valence electrons. The van der Waals surface area contributed by atoms with E-state index in [-0.39, 0.29) is 35.2 Å². The molecule has 2 aromatic rings. The molecule has 1 fully saturated rings. The monoisotopic (exact) mass is 463 g/mol. The minimum Gasteiger partial charge on any atom is -0.325 e. The van der Waals surface area contributed by atoms with Gasteiger partial charge in [-0.25, -0.2) is 8.42 Å². The Bertz CT molecular complexity index is 1090. The number of para-hydroxylation sites is 1. The molecular weight excluding hydrogens is 442 g/mol. The summed E-state index contributed by atoms with van der Waals surface area (Å²) in [6.07, 6.45) is 0.832. The first-order valence-corrected chi connectivity index (χ1v) is 12.9. The van der Waals surface area contributed by atoms with Crippen LogP contribution in [0.15, 0.2) is 53.5 Å². The van der Waals surface area contributed by atoms with Crippen molar-refractivity contribution in [1.29, 1.82) is 0 Å². The van der Waals surface area contributed by atoms with Gasteiger partial charge in [0.25, 0.3) is 0 Å². The second kappa shape index (κ2) is 8.61. The van der Waals surface area contributed by atoms with Crippen molar-refractivity contribution < 1.29 is 13.2 Å². The summed E-state index contributed by atoms with van der Waals surface area (Å²) in [5, 5.41) is 4.24. The number of anilines is 2. The van der Waals surface area contributed by atoms with Gasteiger partial charge in [0.15, 0.2) is 15.0 Å². The van der Waals surface area contributed by atoms with Crippen LogP contribution in [0.5, 0.6) is 0 Å². The highest BCUT2D eigenvalue weighted by molar-refractivity contribution is 8.14. The number of carbonyl (C=O) groups is 1. The first-order valence-electron chi connectivity index (χ1n) is 9.70. The van der Waals surface area contributed by atoms with E-state index in [4.69, 9.17) is 11.6 Å². The quantitative estimate of drug-likeness (QED) is 0.732. The van der Waals surface area contributed by atoms with Gasteiger partial charge in [0.1, 0.15) is 0 Å². The first-order chi connectivity index (χ1) is 14.4. The van der Waals surface area contributed by atoms with E-state index < -0.39 is 9.84 Å². The van der Waals surface area contributed by atoms with E-state index >= 15 is 0 Å². The molecule has 0 unspecified atom stereocenters. The zero-order valence-corrected chi connectivity index (χ0v) is 18.8. The number of rotatable bonds is 5. The smallest absolute Gasteiger partial charge is 0.234 e. The lowest BCUT2D eigenvalue weighted by atomic mass is 10.1. The number of aliphatic imine (C=N–C) groups is 1. The van der Waals surface area contributed by atoms with Gasteiger partial charge in [-0.3, -0.25) is 9.79 Å². The largest absolute Gasteiger partial charge is 0.325 e. The fourth-order valence-corrected chi connectivity index (χ4v) is 6.70. The molecule has 2 aromatic carbocycles. The molecule has 6 nitrogen and oxygen atoms in total. The van der Waals surface area contributed by atoms with Crippen molar-refractivity contribution in [1.82, 2.24) is 0 Å². The van der Waals surface area contributed by atoms with Gasteiger partial charge < -0.3 is 10.2 Å². The minimum absolute atomic E-state index is 0.0435. The third kappa shape index (κ3) is 4.50. The van der Waals surface area contributed by atoms with Crippen molar-refractivity contribution in [2.45, 2.75) is 25.4 Å². The van der Waals surface area contributed by atoms with Gasteiger partial charge in [-0.1, -0.05) is 48.5 Å². The second-order valence-electron chi connectivity index (χ2n) is 7.32. The molecule has 0 aliphatic carbocycles. The van der Waals surface area contributed by atoms with Gasteiger partial charge in [0.2, 0.25) is 5.91 Å². The van der Waals surface area contributed by atoms with Crippen LogP contribution in [0, 0.1) is 0 Å². The summed E-state index contributed by atoms with van der Waals surface area (Å²) >= 11 is 7.34. The van der Waals surface area contributed by atoms with Gasteiger partial charge in [-0.05, 0) is 42.3 Å². The number of hydrogen-bond acceptors (Lipinski definition) is 6. The highest BCUT2D eigenvalue weighted by Gasteiger charge is 2.47. The lowest BCUT2D eigenvalue weighted by Gasteiger charge is -2.26. The third-order valence-electron chi connectivity index (χ3n) is 5.22. The SMILES string of the molecule is CCc1ccccc1NC(=O)CSC1=N[C@H]2CS(=O)(=O)C[C@H]2N1c1ccc(Cl)cc1. The van der Waals surface area contributed by atoms with E-state index in [2.05, 4.69) is 10.3 Å². The average Bonchev–Trinajstić information content (AvgIpc) is 3.18. The minimum atomic E-state index is -3.12. The van der Waals surface area contributed by atoms with E-state index in [0.717, 1.165) is 23.4 Å². The number of benzene rings is 2. The average molecular weight is 464 g/mol. The van der Waals surface area contributed by atoms with Crippen molar-refractivity contribution in [2.75, 3.05) is 27.5 Å². The first kappa shape index (κ1) is 21.2. The van der Waals surface area contributed by atoms with Crippen LogP contribution in [0.3, 0.4) is 0 Å². The Hall–Kier alpha value is -2.03. The molecular formula is C21H22ClN3O3S2. The number of aryl methyl sites for hydroxylation is 1. The molecule has 9 heteroatoms. The Morgan fingerprint density at radius 1 is 1.20 bits per heavy atom. The fourth-order valence-electron chi connectivity index (χ4n) is 3.80. The van der Waals surface area contributed by atoms with Crippen molar-refractivity contribution >= 4 is 55.6 Å². The molecule has 30 heavy (non-hydrogen) atoms. The topological polar surface area (TPSA) is 78.8 Å². The molecule has 2 aliphatic heterocycles. The van der Waals surface area contributed by atoms with E-state index in [1.807, 2.05) is 48.2 Å². The van der Waals surface area contributed by atoms with Gasteiger partial charge >= 0.3 is 0 Å².